The van der Waals surface area contributed by atoms with Crippen LogP contribution in [0.5, 0.6) is 0 Å². The Hall–Kier alpha value is -1.58. The van der Waals surface area contributed by atoms with E-state index in [1.54, 1.807) is 17.7 Å². The maximum absolute atomic E-state index is 12.3. The minimum Gasteiger partial charge on any atom is -0.355 e. The number of hydrogen-bond acceptors (Lipinski definition) is 2. The number of nitrogens with one attached hydrogen (secondary N) is 1. The monoisotopic (exact) mass is 250 g/mol. The van der Waals surface area contributed by atoms with Gasteiger partial charge in [-0.2, -0.15) is 0 Å². The molecule has 1 N–H and O–H groups in total. The number of rotatable bonds is 5. The summed E-state index contributed by atoms with van der Waals surface area (Å²) in [7, 11) is 1.54. The summed E-state index contributed by atoms with van der Waals surface area (Å²) in [6.45, 7) is 6.76. The van der Waals surface area contributed by atoms with Gasteiger partial charge in [-0.05, 0) is 31.4 Å². The van der Waals surface area contributed by atoms with Gasteiger partial charge in [-0.15, -0.1) is 0 Å². The normalized spacial score (nSPS) is 10.4. The number of carbonyl (C=O) groups excluding carboxylic acids is 1. The Morgan fingerprint density at radius 1 is 1.39 bits per heavy atom. The zero-order chi connectivity index (χ0) is 13.7. The Morgan fingerprint density at radius 2 is 2.06 bits per heavy atom. The van der Waals surface area contributed by atoms with E-state index in [4.69, 9.17) is 0 Å². The molecule has 0 aliphatic heterocycles. The number of nitrogens with zero attached hydrogens (tertiary/aromatic N) is 1. The Balaban J connectivity index is 3.39. The van der Waals surface area contributed by atoms with Crippen molar-refractivity contribution in [2.45, 2.75) is 46.6 Å². The molecule has 0 atom stereocenters. The van der Waals surface area contributed by atoms with Gasteiger partial charge in [0.15, 0.2) is 0 Å². The molecule has 0 aromatic carbocycles. The van der Waals surface area contributed by atoms with Gasteiger partial charge in [0.1, 0.15) is 5.56 Å². The van der Waals surface area contributed by atoms with Crippen LogP contribution in [0.4, 0.5) is 0 Å². The van der Waals surface area contributed by atoms with Gasteiger partial charge >= 0.3 is 0 Å². The van der Waals surface area contributed by atoms with Crippen LogP contribution in [0.1, 0.15) is 48.3 Å². The maximum Gasteiger partial charge on any atom is 0.263 e. The Bertz CT molecular complexity index is 489. The third kappa shape index (κ3) is 2.81. The van der Waals surface area contributed by atoms with Crippen molar-refractivity contribution in [2.24, 2.45) is 0 Å². The van der Waals surface area contributed by atoms with E-state index in [2.05, 4.69) is 12.2 Å². The van der Waals surface area contributed by atoms with Crippen LogP contribution in [0.25, 0.3) is 0 Å². The molecule has 0 unspecified atom stereocenters. The lowest BCUT2D eigenvalue weighted by Gasteiger charge is -2.15. The van der Waals surface area contributed by atoms with E-state index in [9.17, 15) is 9.59 Å². The van der Waals surface area contributed by atoms with Crippen molar-refractivity contribution in [3.8, 4) is 0 Å². The molecule has 0 fully saturated rings. The fourth-order valence-corrected chi connectivity index (χ4v) is 2.16. The van der Waals surface area contributed by atoms with Crippen LogP contribution in [0, 0.1) is 6.92 Å². The van der Waals surface area contributed by atoms with Gasteiger partial charge in [-0.25, -0.2) is 0 Å². The molecule has 0 bridgehead atoms. The molecule has 4 nitrogen and oxygen atoms in total. The van der Waals surface area contributed by atoms with Crippen LogP contribution < -0.4 is 10.9 Å². The van der Waals surface area contributed by atoms with Crippen molar-refractivity contribution < 1.29 is 4.79 Å². The lowest BCUT2D eigenvalue weighted by atomic mass is 10.1. The lowest BCUT2D eigenvalue weighted by Crippen LogP contribution is -2.33. The van der Waals surface area contributed by atoms with Crippen LogP contribution in [0.3, 0.4) is 0 Å². The minimum absolute atomic E-state index is 0.176. The first-order chi connectivity index (χ1) is 8.56. The van der Waals surface area contributed by atoms with Crippen molar-refractivity contribution in [2.75, 3.05) is 7.05 Å². The number of amides is 1. The third-order valence-electron chi connectivity index (χ3n) is 3.16. The molecule has 4 heteroatoms. The Morgan fingerprint density at radius 3 is 2.56 bits per heavy atom. The smallest absolute Gasteiger partial charge is 0.263 e. The van der Waals surface area contributed by atoms with Gasteiger partial charge < -0.3 is 9.88 Å². The zero-order valence-corrected chi connectivity index (χ0v) is 11.7. The van der Waals surface area contributed by atoms with E-state index in [0.29, 0.717) is 6.54 Å². The van der Waals surface area contributed by atoms with E-state index >= 15 is 0 Å². The molecule has 0 saturated carbocycles. The molecule has 1 rings (SSSR count). The number of pyridine rings is 1. The highest BCUT2D eigenvalue weighted by molar-refractivity contribution is 5.93. The summed E-state index contributed by atoms with van der Waals surface area (Å²) in [6, 6.07) is 1.70. The minimum atomic E-state index is -0.309. The molecular formula is C14H22N2O2. The summed E-state index contributed by atoms with van der Waals surface area (Å²) in [5.41, 5.74) is 2.10. The van der Waals surface area contributed by atoms with Crippen molar-refractivity contribution in [3.05, 3.63) is 33.2 Å². The second-order valence-corrected chi connectivity index (χ2v) is 4.43. The number of hydrogen-bond donors (Lipinski definition) is 1. The van der Waals surface area contributed by atoms with E-state index < -0.39 is 0 Å². The summed E-state index contributed by atoms with van der Waals surface area (Å²) in [4.78, 5) is 24.0. The molecule has 0 aliphatic rings. The summed E-state index contributed by atoms with van der Waals surface area (Å²) in [5, 5.41) is 2.52. The molecule has 1 aromatic rings. The third-order valence-corrected chi connectivity index (χ3v) is 3.16. The summed E-state index contributed by atoms with van der Waals surface area (Å²) >= 11 is 0. The summed E-state index contributed by atoms with van der Waals surface area (Å²) in [6.07, 6.45) is 2.78. The highest BCUT2D eigenvalue weighted by Gasteiger charge is 2.15. The maximum atomic E-state index is 12.3. The van der Waals surface area contributed by atoms with Crippen molar-refractivity contribution >= 4 is 5.91 Å². The van der Waals surface area contributed by atoms with Gasteiger partial charge in [-0.1, -0.05) is 20.3 Å². The predicted octanol–water partition coefficient (Wildman–Crippen LogP) is 1.88. The van der Waals surface area contributed by atoms with Crippen LogP contribution in [-0.2, 0) is 13.0 Å². The first-order valence-electron chi connectivity index (χ1n) is 6.52. The lowest BCUT2D eigenvalue weighted by molar-refractivity contribution is 0.0961. The van der Waals surface area contributed by atoms with Crippen molar-refractivity contribution in [3.63, 3.8) is 0 Å². The standard InChI is InChI=1S/C14H22N2O2/c1-5-7-8-16-12(6-2)10(3)9-11(14(16)18)13(17)15-4/h9H,5-8H2,1-4H3,(H,15,17). The average Bonchev–Trinajstić information content (AvgIpc) is 2.38. The molecule has 1 heterocycles. The Labute approximate surface area is 108 Å². The number of aryl methyl sites for hydroxylation is 1. The highest BCUT2D eigenvalue weighted by atomic mass is 16.2. The molecule has 1 amide bonds. The van der Waals surface area contributed by atoms with Crippen LogP contribution in [0.15, 0.2) is 10.9 Å². The van der Waals surface area contributed by atoms with Crippen LogP contribution in [-0.4, -0.2) is 17.5 Å². The van der Waals surface area contributed by atoms with E-state index in [1.165, 1.54) is 0 Å². The molecule has 0 radical (unpaired) electrons. The van der Waals surface area contributed by atoms with Gasteiger partial charge in [0, 0.05) is 19.3 Å². The molecule has 18 heavy (non-hydrogen) atoms. The molecule has 100 valence electrons. The summed E-state index contributed by atoms with van der Waals surface area (Å²) < 4.78 is 1.75. The fourth-order valence-electron chi connectivity index (χ4n) is 2.16. The highest BCUT2D eigenvalue weighted by Crippen LogP contribution is 2.10. The second kappa shape index (κ2) is 6.38. The first-order valence-corrected chi connectivity index (χ1v) is 6.52. The topological polar surface area (TPSA) is 51.1 Å². The largest absolute Gasteiger partial charge is 0.355 e. The molecular weight excluding hydrogens is 228 g/mol. The predicted molar refractivity (Wildman–Crippen MR) is 73.1 cm³/mol. The van der Waals surface area contributed by atoms with Gasteiger partial charge in [0.25, 0.3) is 11.5 Å². The van der Waals surface area contributed by atoms with Crippen LogP contribution in [0.2, 0.25) is 0 Å². The van der Waals surface area contributed by atoms with Crippen molar-refractivity contribution in [1.29, 1.82) is 0 Å². The van der Waals surface area contributed by atoms with E-state index in [0.717, 1.165) is 30.5 Å². The number of aromatic nitrogens is 1. The van der Waals surface area contributed by atoms with Gasteiger partial charge in [-0.3, -0.25) is 9.59 Å². The van der Waals surface area contributed by atoms with Gasteiger partial charge in [0.05, 0.1) is 0 Å². The molecule has 0 aliphatic carbocycles. The van der Waals surface area contributed by atoms with E-state index in [-0.39, 0.29) is 17.0 Å². The first kappa shape index (κ1) is 14.5. The van der Waals surface area contributed by atoms with Crippen molar-refractivity contribution in [1.82, 2.24) is 9.88 Å². The zero-order valence-electron chi connectivity index (χ0n) is 11.7. The number of carbonyl (C=O) groups is 1. The molecule has 0 spiro atoms. The Kier molecular flexibility index (Phi) is 5.13. The van der Waals surface area contributed by atoms with E-state index in [1.807, 2.05) is 13.8 Å². The molecule has 0 saturated heterocycles. The van der Waals surface area contributed by atoms with Crippen LogP contribution >= 0.6 is 0 Å². The SMILES string of the molecule is CCCCn1c(CC)c(C)cc(C(=O)NC)c1=O. The van der Waals surface area contributed by atoms with Gasteiger partial charge in [0.2, 0.25) is 0 Å². The number of unbranched alkanes of at least 4 members (excludes halogenated alkanes) is 1. The fraction of sp³-hybridized carbons (Fsp3) is 0.571. The molecule has 1 aromatic heterocycles. The summed E-state index contributed by atoms with van der Waals surface area (Å²) in [5.74, 6) is -0.309. The second-order valence-electron chi connectivity index (χ2n) is 4.43. The average molecular weight is 250 g/mol. The quantitative estimate of drug-likeness (QED) is 0.867.